The van der Waals surface area contributed by atoms with Crippen LogP contribution in [0.25, 0.3) is 16.8 Å². The molecule has 0 unspecified atom stereocenters. The summed E-state index contributed by atoms with van der Waals surface area (Å²) in [5.74, 6) is 0.542. The summed E-state index contributed by atoms with van der Waals surface area (Å²) in [5.41, 5.74) is 3.02. The Balaban J connectivity index is 1.44. The molecule has 4 aromatic rings. The average molecular weight is 422 g/mol. The number of thioether (sulfide) groups is 1. The number of anilines is 1. The number of hydrogen-bond acceptors (Lipinski definition) is 5. The normalized spacial score (nSPS) is 10.9. The molecule has 1 amide bonds. The van der Waals surface area contributed by atoms with Gasteiger partial charge in [-0.05, 0) is 61.5 Å². The van der Waals surface area contributed by atoms with Crippen molar-refractivity contribution in [3.05, 3.63) is 72.8 Å². The molecule has 0 aliphatic rings. The third-order valence-corrected chi connectivity index (χ3v) is 5.28. The van der Waals surface area contributed by atoms with Crippen molar-refractivity contribution in [2.75, 3.05) is 17.7 Å². The van der Waals surface area contributed by atoms with Crippen LogP contribution in [-0.4, -0.2) is 32.9 Å². The third kappa shape index (κ3) is 4.60. The summed E-state index contributed by atoms with van der Waals surface area (Å²) in [6.45, 7) is 2.52. The fourth-order valence-electron chi connectivity index (χ4n) is 2.90. The number of halogens is 1. The monoisotopic (exact) mass is 422 g/mol. The van der Waals surface area contributed by atoms with E-state index >= 15 is 0 Å². The summed E-state index contributed by atoms with van der Waals surface area (Å²) in [5, 5.41) is 8.08. The van der Waals surface area contributed by atoms with E-state index in [1.54, 1.807) is 41.2 Å². The molecule has 2 aromatic heterocycles. The maximum atomic E-state index is 13.2. The van der Waals surface area contributed by atoms with E-state index in [0.717, 1.165) is 16.8 Å². The fraction of sp³-hybridized carbons (Fsp3) is 0.136. The zero-order valence-corrected chi connectivity index (χ0v) is 17.0. The molecule has 0 saturated heterocycles. The zero-order valence-electron chi connectivity index (χ0n) is 16.2. The molecule has 2 heterocycles. The number of carbonyl (C=O) groups is 1. The van der Waals surface area contributed by atoms with Crippen LogP contribution in [0.1, 0.15) is 6.92 Å². The van der Waals surface area contributed by atoms with Crippen molar-refractivity contribution < 1.29 is 13.9 Å². The van der Waals surface area contributed by atoms with Crippen LogP contribution in [0.4, 0.5) is 10.1 Å². The minimum Gasteiger partial charge on any atom is -0.494 e. The first-order valence-corrected chi connectivity index (χ1v) is 10.4. The molecule has 0 radical (unpaired) electrons. The molecule has 6 nitrogen and oxygen atoms in total. The highest BCUT2D eigenvalue weighted by atomic mass is 32.2. The van der Waals surface area contributed by atoms with Crippen LogP contribution >= 0.6 is 11.8 Å². The number of benzene rings is 2. The van der Waals surface area contributed by atoms with Crippen molar-refractivity contribution in [3.8, 4) is 17.0 Å². The Kier molecular flexibility index (Phi) is 5.94. The van der Waals surface area contributed by atoms with Crippen molar-refractivity contribution >= 4 is 28.9 Å². The lowest BCUT2D eigenvalue weighted by atomic mass is 10.1. The number of carbonyl (C=O) groups excluding carboxylic acids is 1. The number of nitrogens with one attached hydrogen (secondary N) is 1. The van der Waals surface area contributed by atoms with Gasteiger partial charge in [-0.25, -0.2) is 13.9 Å². The van der Waals surface area contributed by atoms with Gasteiger partial charge in [0.25, 0.3) is 0 Å². The number of hydrogen-bond donors (Lipinski definition) is 1. The van der Waals surface area contributed by atoms with Gasteiger partial charge >= 0.3 is 0 Å². The fourth-order valence-corrected chi connectivity index (χ4v) is 3.68. The topological polar surface area (TPSA) is 68.5 Å². The number of amides is 1. The van der Waals surface area contributed by atoms with Gasteiger partial charge in [-0.1, -0.05) is 11.8 Å². The molecule has 2 aromatic carbocycles. The van der Waals surface area contributed by atoms with Crippen LogP contribution in [0, 0.1) is 5.82 Å². The van der Waals surface area contributed by atoms with Crippen molar-refractivity contribution in [3.63, 3.8) is 0 Å². The van der Waals surface area contributed by atoms with Gasteiger partial charge < -0.3 is 10.1 Å². The van der Waals surface area contributed by atoms with E-state index in [4.69, 9.17) is 4.74 Å². The van der Waals surface area contributed by atoms with E-state index in [1.165, 1.54) is 23.9 Å². The van der Waals surface area contributed by atoms with Crippen molar-refractivity contribution in [2.24, 2.45) is 0 Å². The summed E-state index contributed by atoms with van der Waals surface area (Å²) < 4.78 is 20.3. The number of nitrogens with zero attached hydrogens (tertiary/aromatic N) is 3. The number of rotatable bonds is 7. The van der Waals surface area contributed by atoms with Gasteiger partial charge in [0.05, 0.1) is 23.6 Å². The van der Waals surface area contributed by atoms with Crippen LogP contribution in [0.3, 0.4) is 0 Å². The second kappa shape index (κ2) is 8.96. The molecule has 0 atom stereocenters. The zero-order chi connectivity index (χ0) is 20.9. The lowest BCUT2D eigenvalue weighted by Gasteiger charge is -2.07. The summed E-state index contributed by atoms with van der Waals surface area (Å²) in [4.78, 5) is 16.7. The van der Waals surface area contributed by atoms with Gasteiger partial charge in [-0.2, -0.15) is 5.10 Å². The van der Waals surface area contributed by atoms with Gasteiger partial charge in [-0.15, -0.1) is 0 Å². The molecule has 0 aliphatic heterocycles. The smallest absolute Gasteiger partial charge is 0.234 e. The maximum absolute atomic E-state index is 13.2. The highest BCUT2D eigenvalue weighted by Crippen LogP contribution is 2.26. The van der Waals surface area contributed by atoms with Gasteiger partial charge in [-0.3, -0.25) is 4.79 Å². The predicted molar refractivity (Wildman–Crippen MR) is 115 cm³/mol. The second-order valence-electron chi connectivity index (χ2n) is 6.39. The second-order valence-corrected chi connectivity index (χ2v) is 7.36. The predicted octanol–water partition coefficient (Wildman–Crippen LogP) is 4.66. The Morgan fingerprint density at radius 1 is 1.17 bits per heavy atom. The summed E-state index contributed by atoms with van der Waals surface area (Å²) in [6.07, 6.45) is 3.38. The summed E-state index contributed by atoms with van der Waals surface area (Å²) in [6, 6.07) is 15.3. The van der Waals surface area contributed by atoms with Crippen LogP contribution in [0.5, 0.6) is 5.75 Å². The van der Waals surface area contributed by atoms with Crippen LogP contribution in [-0.2, 0) is 4.79 Å². The lowest BCUT2D eigenvalue weighted by Crippen LogP contribution is -2.14. The van der Waals surface area contributed by atoms with Crippen molar-refractivity contribution in [2.45, 2.75) is 11.9 Å². The Morgan fingerprint density at radius 2 is 1.93 bits per heavy atom. The lowest BCUT2D eigenvalue weighted by molar-refractivity contribution is -0.113. The number of aromatic nitrogens is 3. The van der Waals surface area contributed by atoms with Gasteiger partial charge in [0.2, 0.25) is 5.91 Å². The van der Waals surface area contributed by atoms with Gasteiger partial charge in [0, 0.05) is 23.6 Å². The molecule has 0 aliphatic carbocycles. The largest absolute Gasteiger partial charge is 0.494 e. The average Bonchev–Trinajstić information content (AvgIpc) is 3.19. The molecule has 0 saturated carbocycles. The molecular weight excluding hydrogens is 403 g/mol. The molecule has 0 bridgehead atoms. The van der Waals surface area contributed by atoms with Crippen LogP contribution in [0.2, 0.25) is 0 Å². The minimum absolute atomic E-state index is 0.133. The van der Waals surface area contributed by atoms with E-state index in [1.807, 2.05) is 25.1 Å². The summed E-state index contributed by atoms with van der Waals surface area (Å²) in [7, 11) is 0. The molecule has 0 spiro atoms. The molecule has 8 heteroatoms. The number of ether oxygens (including phenoxy) is 1. The quantitative estimate of drug-likeness (QED) is 0.439. The Bertz CT molecular complexity index is 1160. The van der Waals surface area contributed by atoms with E-state index in [9.17, 15) is 9.18 Å². The van der Waals surface area contributed by atoms with E-state index in [2.05, 4.69) is 15.4 Å². The Labute approximate surface area is 177 Å². The van der Waals surface area contributed by atoms with Crippen LogP contribution < -0.4 is 10.1 Å². The van der Waals surface area contributed by atoms with E-state index in [0.29, 0.717) is 23.0 Å². The standard InChI is InChI=1S/C22H19FN4O2S/c1-2-29-18-9-7-17(8-10-18)25-21(28)14-30-22-20-13-19(26-27(20)12-11-24-22)15-3-5-16(23)6-4-15/h3-13H,2,14H2,1H3,(H,25,28). The Morgan fingerprint density at radius 3 is 2.67 bits per heavy atom. The Hall–Kier alpha value is -3.39. The molecule has 152 valence electrons. The summed E-state index contributed by atoms with van der Waals surface area (Å²) >= 11 is 1.33. The highest BCUT2D eigenvalue weighted by molar-refractivity contribution is 8.00. The molecular formula is C22H19FN4O2S. The first kappa shape index (κ1) is 19.9. The van der Waals surface area contributed by atoms with Crippen LogP contribution in [0.15, 0.2) is 72.0 Å². The molecule has 30 heavy (non-hydrogen) atoms. The van der Waals surface area contributed by atoms with Gasteiger partial charge in [0.15, 0.2) is 0 Å². The van der Waals surface area contributed by atoms with Crippen molar-refractivity contribution in [1.29, 1.82) is 0 Å². The first-order chi connectivity index (χ1) is 14.6. The van der Waals surface area contributed by atoms with E-state index < -0.39 is 0 Å². The molecule has 4 rings (SSSR count). The SMILES string of the molecule is CCOc1ccc(NC(=O)CSc2nccn3nc(-c4ccc(F)cc4)cc23)cc1. The highest BCUT2D eigenvalue weighted by Gasteiger charge is 2.12. The minimum atomic E-state index is -0.293. The van der Waals surface area contributed by atoms with E-state index in [-0.39, 0.29) is 17.5 Å². The number of fused-ring (bicyclic) bond motifs is 1. The maximum Gasteiger partial charge on any atom is 0.234 e. The third-order valence-electron chi connectivity index (χ3n) is 4.28. The molecule has 1 N–H and O–H groups in total. The molecule has 0 fully saturated rings. The first-order valence-electron chi connectivity index (χ1n) is 9.38. The van der Waals surface area contributed by atoms with Crippen molar-refractivity contribution in [1.82, 2.24) is 14.6 Å². The van der Waals surface area contributed by atoms with Gasteiger partial charge in [0.1, 0.15) is 16.6 Å².